The molecule has 2 nitrogen and oxygen atoms in total. The molecule has 0 atom stereocenters. The van der Waals surface area contributed by atoms with Crippen LogP contribution < -0.4 is 4.74 Å². The van der Waals surface area contributed by atoms with Crippen LogP contribution in [0, 0.1) is 12.3 Å². The standard InChI is InChI=1S/C13H9NO/c1-2-11-6-8-12(9-7-11)15-13-5-3-4-10-14-13/h1,3-10H. The van der Waals surface area contributed by atoms with Crippen LogP contribution in [0.3, 0.4) is 0 Å². The highest BCUT2D eigenvalue weighted by Gasteiger charge is 1.96. The zero-order valence-electron chi connectivity index (χ0n) is 8.05. The Bertz CT molecular complexity index is 468. The molecule has 0 saturated heterocycles. The molecule has 0 unspecified atom stereocenters. The second-order valence-corrected chi connectivity index (χ2v) is 2.94. The van der Waals surface area contributed by atoms with Crippen molar-refractivity contribution < 1.29 is 4.74 Å². The molecule has 0 aliphatic carbocycles. The molecule has 2 aromatic rings. The van der Waals surface area contributed by atoms with Crippen LogP contribution >= 0.6 is 0 Å². The molecule has 0 aliphatic rings. The van der Waals surface area contributed by atoms with Crippen molar-refractivity contribution in [2.75, 3.05) is 0 Å². The summed E-state index contributed by atoms with van der Waals surface area (Å²) in [7, 11) is 0. The first-order valence-electron chi connectivity index (χ1n) is 4.54. The summed E-state index contributed by atoms with van der Waals surface area (Å²) in [5.74, 6) is 3.85. The van der Waals surface area contributed by atoms with E-state index in [0.717, 1.165) is 11.3 Å². The Balaban J connectivity index is 2.16. The molecule has 0 fully saturated rings. The topological polar surface area (TPSA) is 22.1 Å². The van der Waals surface area contributed by atoms with Crippen LogP contribution in [-0.4, -0.2) is 4.98 Å². The first kappa shape index (κ1) is 9.29. The Morgan fingerprint density at radius 3 is 2.47 bits per heavy atom. The molecule has 15 heavy (non-hydrogen) atoms. The van der Waals surface area contributed by atoms with Crippen molar-refractivity contribution >= 4 is 0 Å². The average Bonchev–Trinajstić information content (AvgIpc) is 2.31. The average molecular weight is 195 g/mol. The molecule has 0 N–H and O–H groups in total. The summed E-state index contributed by atoms with van der Waals surface area (Å²) >= 11 is 0. The van der Waals surface area contributed by atoms with Crippen LogP contribution in [0.2, 0.25) is 0 Å². The van der Waals surface area contributed by atoms with Crippen molar-refractivity contribution in [2.24, 2.45) is 0 Å². The molecule has 72 valence electrons. The molecule has 1 aromatic heterocycles. The Morgan fingerprint density at radius 1 is 1.07 bits per heavy atom. The van der Waals surface area contributed by atoms with Gasteiger partial charge in [-0.3, -0.25) is 0 Å². The minimum atomic E-state index is 0.575. The van der Waals surface area contributed by atoms with E-state index < -0.39 is 0 Å². The number of rotatable bonds is 2. The van der Waals surface area contributed by atoms with Crippen LogP contribution in [0.25, 0.3) is 0 Å². The molecule has 0 aliphatic heterocycles. The van der Waals surface area contributed by atoms with Gasteiger partial charge in [0.15, 0.2) is 0 Å². The van der Waals surface area contributed by atoms with Crippen LogP contribution in [0.1, 0.15) is 5.56 Å². The maximum Gasteiger partial charge on any atom is 0.219 e. The number of pyridine rings is 1. The van der Waals surface area contributed by atoms with Gasteiger partial charge in [-0.2, -0.15) is 0 Å². The smallest absolute Gasteiger partial charge is 0.219 e. The lowest BCUT2D eigenvalue weighted by Crippen LogP contribution is -1.86. The highest BCUT2D eigenvalue weighted by molar-refractivity contribution is 5.37. The molecule has 2 heteroatoms. The predicted octanol–water partition coefficient (Wildman–Crippen LogP) is 2.86. The molecule has 0 amide bonds. The van der Waals surface area contributed by atoms with Crippen molar-refractivity contribution in [2.45, 2.75) is 0 Å². The van der Waals surface area contributed by atoms with E-state index in [0.29, 0.717) is 5.88 Å². The molecule has 1 aromatic carbocycles. The maximum atomic E-state index is 5.50. The van der Waals surface area contributed by atoms with Crippen molar-refractivity contribution in [1.29, 1.82) is 0 Å². The van der Waals surface area contributed by atoms with Gasteiger partial charge >= 0.3 is 0 Å². The van der Waals surface area contributed by atoms with Gasteiger partial charge in [-0.15, -0.1) is 6.42 Å². The van der Waals surface area contributed by atoms with Gasteiger partial charge in [-0.25, -0.2) is 4.98 Å². The fourth-order valence-electron chi connectivity index (χ4n) is 1.15. The summed E-state index contributed by atoms with van der Waals surface area (Å²) in [6, 6.07) is 12.8. The molecule has 2 rings (SSSR count). The number of ether oxygens (including phenoxy) is 1. The van der Waals surface area contributed by atoms with Gasteiger partial charge in [0.05, 0.1) is 0 Å². The Hall–Kier alpha value is -2.27. The minimum absolute atomic E-state index is 0.575. The summed E-state index contributed by atoms with van der Waals surface area (Å²) in [6.45, 7) is 0. The van der Waals surface area contributed by atoms with E-state index in [1.54, 1.807) is 12.3 Å². The molecule has 0 bridgehead atoms. The van der Waals surface area contributed by atoms with Crippen LogP contribution in [-0.2, 0) is 0 Å². The van der Waals surface area contributed by atoms with Crippen molar-refractivity contribution in [3.63, 3.8) is 0 Å². The third kappa shape index (κ3) is 2.35. The zero-order chi connectivity index (χ0) is 10.5. The molecule has 0 saturated carbocycles. The number of hydrogen-bond donors (Lipinski definition) is 0. The van der Waals surface area contributed by atoms with Gasteiger partial charge in [0.1, 0.15) is 5.75 Å². The van der Waals surface area contributed by atoms with E-state index in [-0.39, 0.29) is 0 Å². The third-order valence-electron chi connectivity index (χ3n) is 1.88. The number of nitrogens with zero attached hydrogens (tertiary/aromatic N) is 1. The summed E-state index contributed by atoms with van der Waals surface area (Å²) in [5, 5.41) is 0. The number of hydrogen-bond acceptors (Lipinski definition) is 2. The highest BCUT2D eigenvalue weighted by Crippen LogP contribution is 2.18. The summed E-state index contributed by atoms with van der Waals surface area (Å²) < 4.78 is 5.50. The number of aromatic nitrogens is 1. The summed E-state index contributed by atoms with van der Waals surface area (Å²) in [5.41, 5.74) is 0.836. The minimum Gasteiger partial charge on any atom is -0.439 e. The first-order chi connectivity index (χ1) is 7.38. The van der Waals surface area contributed by atoms with Gasteiger partial charge in [-0.05, 0) is 30.3 Å². The SMILES string of the molecule is C#Cc1ccc(Oc2ccccn2)cc1. The molecular formula is C13H9NO. The predicted molar refractivity (Wildman–Crippen MR) is 58.7 cm³/mol. The Labute approximate surface area is 88.6 Å². The van der Waals surface area contributed by atoms with Crippen molar-refractivity contribution in [3.05, 3.63) is 54.2 Å². The van der Waals surface area contributed by atoms with E-state index in [1.165, 1.54) is 0 Å². The monoisotopic (exact) mass is 195 g/mol. The Morgan fingerprint density at radius 2 is 1.87 bits per heavy atom. The van der Waals surface area contributed by atoms with E-state index in [1.807, 2.05) is 36.4 Å². The van der Waals surface area contributed by atoms with Gasteiger partial charge in [0.25, 0.3) is 0 Å². The lowest BCUT2D eigenvalue weighted by molar-refractivity contribution is 0.463. The summed E-state index contributed by atoms with van der Waals surface area (Å²) in [6.07, 6.45) is 6.93. The fourth-order valence-corrected chi connectivity index (χ4v) is 1.15. The van der Waals surface area contributed by atoms with E-state index in [9.17, 15) is 0 Å². The molecular weight excluding hydrogens is 186 g/mol. The second kappa shape index (κ2) is 4.30. The van der Waals surface area contributed by atoms with E-state index >= 15 is 0 Å². The highest BCUT2D eigenvalue weighted by atomic mass is 16.5. The largest absolute Gasteiger partial charge is 0.439 e. The Kier molecular flexibility index (Phi) is 2.66. The molecule has 0 radical (unpaired) electrons. The van der Waals surface area contributed by atoms with Crippen molar-refractivity contribution in [1.82, 2.24) is 4.98 Å². The van der Waals surface area contributed by atoms with Crippen LogP contribution in [0.4, 0.5) is 0 Å². The quantitative estimate of drug-likeness (QED) is 0.687. The van der Waals surface area contributed by atoms with Gasteiger partial charge in [0.2, 0.25) is 5.88 Å². The zero-order valence-corrected chi connectivity index (χ0v) is 8.05. The lowest BCUT2D eigenvalue weighted by atomic mass is 10.2. The summed E-state index contributed by atoms with van der Waals surface area (Å²) in [4.78, 5) is 4.05. The van der Waals surface area contributed by atoms with Crippen LogP contribution in [0.5, 0.6) is 11.6 Å². The maximum absolute atomic E-state index is 5.50. The second-order valence-electron chi connectivity index (χ2n) is 2.94. The lowest BCUT2D eigenvalue weighted by Gasteiger charge is -2.03. The van der Waals surface area contributed by atoms with Gasteiger partial charge < -0.3 is 4.74 Å². The fraction of sp³-hybridized carbons (Fsp3) is 0. The number of terminal acetylenes is 1. The van der Waals surface area contributed by atoms with E-state index in [2.05, 4.69) is 10.9 Å². The van der Waals surface area contributed by atoms with Gasteiger partial charge in [-0.1, -0.05) is 12.0 Å². The number of benzene rings is 1. The molecule has 0 spiro atoms. The third-order valence-corrected chi connectivity index (χ3v) is 1.88. The first-order valence-corrected chi connectivity index (χ1v) is 4.54. The normalized spacial score (nSPS) is 9.27. The van der Waals surface area contributed by atoms with Gasteiger partial charge in [0, 0.05) is 17.8 Å². The van der Waals surface area contributed by atoms with E-state index in [4.69, 9.17) is 11.2 Å². The van der Waals surface area contributed by atoms with Crippen LogP contribution in [0.15, 0.2) is 48.7 Å². The molecule has 1 heterocycles. The van der Waals surface area contributed by atoms with Crippen molar-refractivity contribution in [3.8, 4) is 24.0 Å².